The standard InChI is InChI=1S/C16H23N3/c17-10-14-2-1-3-18-15(14)19-16-7-11-4-12(8-16)6-13(5-11)9-16/h1-3,11-13H,4-10,17H2,(H,18,19). The molecular weight excluding hydrogens is 234 g/mol. The van der Waals surface area contributed by atoms with E-state index >= 15 is 0 Å². The lowest BCUT2D eigenvalue weighted by atomic mass is 9.53. The van der Waals surface area contributed by atoms with Gasteiger partial charge in [0.2, 0.25) is 0 Å². The van der Waals surface area contributed by atoms with Crippen molar-refractivity contribution in [1.82, 2.24) is 4.98 Å². The van der Waals surface area contributed by atoms with Crippen LogP contribution in [0.2, 0.25) is 0 Å². The second-order valence-electron chi connectivity index (χ2n) is 7.04. The number of nitrogens with two attached hydrogens (primary N) is 1. The van der Waals surface area contributed by atoms with Crippen molar-refractivity contribution in [2.24, 2.45) is 23.5 Å². The lowest BCUT2D eigenvalue weighted by Gasteiger charge is -2.57. The smallest absolute Gasteiger partial charge is 0.130 e. The predicted molar refractivity (Wildman–Crippen MR) is 76.7 cm³/mol. The van der Waals surface area contributed by atoms with Crippen LogP contribution in [0, 0.1) is 17.8 Å². The number of hydrogen-bond donors (Lipinski definition) is 2. The minimum Gasteiger partial charge on any atom is -0.364 e. The predicted octanol–water partition coefficient (Wildman–Crippen LogP) is 2.92. The van der Waals surface area contributed by atoms with Gasteiger partial charge < -0.3 is 11.1 Å². The Morgan fingerprint density at radius 1 is 1.16 bits per heavy atom. The molecule has 4 aliphatic carbocycles. The minimum atomic E-state index is 0.326. The first-order valence-corrected chi connectivity index (χ1v) is 7.68. The Labute approximate surface area is 115 Å². The summed E-state index contributed by atoms with van der Waals surface area (Å²) in [6.45, 7) is 0.572. The summed E-state index contributed by atoms with van der Waals surface area (Å²) in [7, 11) is 0. The minimum absolute atomic E-state index is 0.326. The Balaban J connectivity index is 1.62. The Morgan fingerprint density at radius 2 is 1.79 bits per heavy atom. The van der Waals surface area contributed by atoms with E-state index in [4.69, 9.17) is 5.73 Å². The highest BCUT2D eigenvalue weighted by Crippen LogP contribution is 2.56. The zero-order valence-electron chi connectivity index (χ0n) is 11.4. The van der Waals surface area contributed by atoms with Gasteiger partial charge in [-0.25, -0.2) is 4.98 Å². The molecule has 3 nitrogen and oxygen atoms in total. The molecular formula is C16H23N3. The molecule has 0 aromatic carbocycles. The van der Waals surface area contributed by atoms with Crippen LogP contribution < -0.4 is 11.1 Å². The number of rotatable bonds is 3. The summed E-state index contributed by atoms with van der Waals surface area (Å²) < 4.78 is 0. The van der Waals surface area contributed by atoms with E-state index in [1.54, 1.807) is 0 Å². The number of pyridine rings is 1. The monoisotopic (exact) mass is 257 g/mol. The quantitative estimate of drug-likeness (QED) is 0.875. The first-order valence-electron chi connectivity index (χ1n) is 7.68. The topological polar surface area (TPSA) is 50.9 Å². The molecule has 4 saturated carbocycles. The first kappa shape index (κ1) is 11.7. The van der Waals surface area contributed by atoms with Crippen molar-refractivity contribution in [1.29, 1.82) is 0 Å². The Morgan fingerprint density at radius 3 is 2.37 bits per heavy atom. The van der Waals surface area contributed by atoms with E-state index in [9.17, 15) is 0 Å². The highest BCUT2D eigenvalue weighted by Gasteiger charge is 2.51. The first-order chi connectivity index (χ1) is 9.26. The van der Waals surface area contributed by atoms with Crippen molar-refractivity contribution >= 4 is 5.82 Å². The number of hydrogen-bond acceptors (Lipinski definition) is 3. The fraction of sp³-hybridized carbons (Fsp3) is 0.688. The summed E-state index contributed by atoms with van der Waals surface area (Å²) in [6, 6.07) is 4.07. The molecule has 19 heavy (non-hydrogen) atoms. The molecule has 5 rings (SSSR count). The van der Waals surface area contributed by atoms with E-state index in [2.05, 4.69) is 16.4 Å². The van der Waals surface area contributed by atoms with Crippen molar-refractivity contribution in [2.75, 3.05) is 5.32 Å². The van der Waals surface area contributed by atoms with Gasteiger partial charge in [0.25, 0.3) is 0 Å². The Hall–Kier alpha value is -1.09. The zero-order valence-corrected chi connectivity index (χ0v) is 11.4. The summed E-state index contributed by atoms with van der Waals surface area (Å²) in [5.74, 6) is 3.92. The van der Waals surface area contributed by atoms with E-state index in [1.807, 2.05) is 12.3 Å². The van der Waals surface area contributed by atoms with E-state index in [-0.39, 0.29) is 0 Å². The second-order valence-corrected chi connectivity index (χ2v) is 7.04. The third-order valence-corrected chi connectivity index (χ3v) is 5.53. The Bertz CT molecular complexity index is 447. The molecule has 0 amide bonds. The lowest BCUT2D eigenvalue weighted by molar-refractivity contribution is 0.0105. The van der Waals surface area contributed by atoms with Crippen LogP contribution in [0.25, 0.3) is 0 Å². The van der Waals surface area contributed by atoms with Gasteiger partial charge in [0.05, 0.1) is 0 Å². The summed E-state index contributed by atoms with van der Waals surface area (Å²) in [4.78, 5) is 4.53. The van der Waals surface area contributed by atoms with E-state index in [1.165, 1.54) is 38.5 Å². The third kappa shape index (κ3) is 1.95. The van der Waals surface area contributed by atoms with Crippen LogP contribution in [0.1, 0.15) is 44.1 Å². The van der Waals surface area contributed by atoms with Gasteiger partial charge in [0, 0.05) is 23.8 Å². The van der Waals surface area contributed by atoms with Gasteiger partial charge in [-0.3, -0.25) is 0 Å². The van der Waals surface area contributed by atoms with Crippen molar-refractivity contribution in [3.63, 3.8) is 0 Å². The normalized spacial score (nSPS) is 39.5. The summed E-state index contributed by atoms with van der Waals surface area (Å²) in [5, 5.41) is 3.81. The van der Waals surface area contributed by atoms with Crippen LogP contribution in [0.5, 0.6) is 0 Å². The summed E-state index contributed by atoms with van der Waals surface area (Å²) >= 11 is 0. The molecule has 3 heteroatoms. The molecule has 0 radical (unpaired) electrons. The molecule has 0 unspecified atom stereocenters. The van der Waals surface area contributed by atoms with Crippen LogP contribution in [-0.2, 0) is 6.54 Å². The van der Waals surface area contributed by atoms with Crippen molar-refractivity contribution in [2.45, 2.75) is 50.6 Å². The maximum atomic E-state index is 5.84. The van der Waals surface area contributed by atoms with Crippen LogP contribution in [0.15, 0.2) is 18.3 Å². The molecule has 0 spiro atoms. The third-order valence-electron chi connectivity index (χ3n) is 5.53. The number of nitrogens with one attached hydrogen (secondary N) is 1. The van der Waals surface area contributed by atoms with Crippen molar-refractivity contribution in [3.8, 4) is 0 Å². The molecule has 102 valence electrons. The van der Waals surface area contributed by atoms with Crippen LogP contribution in [-0.4, -0.2) is 10.5 Å². The fourth-order valence-corrected chi connectivity index (χ4v) is 5.23. The van der Waals surface area contributed by atoms with Crippen LogP contribution in [0.4, 0.5) is 5.82 Å². The van der Waals surface area contributed by atoms with Crippen molar-refractivity contribution in [3.05, 3.63) is 23.9 Å². The number of nitrogens with zero attached hydrogens (tertiary/aromatic N) is 1. The van der Waals surface area contributed by atoms with Gasteiger partial charge in [-0.1, -0.05) is 6.07 Å². The van der Waals surface area contributed by atoms with Gasteiger partial charge in [-0.15, -0.1) is 0 Å². The molecule has 1 aromatic rings. The largest absolute Gasteiger partial charge is 0.364 e. The molecule has 1 heterocycles. The maximum absolute atomic E-state index is 5.84. The molecule has 3 N–H and O–H groups in total. The molecule has 4 aliphatic rings. The SMILES string of the molecule is NCc1cccnc1NC12CC3CC(CC(C3)C1)C2. The lowest BCUT2D eigenvalue weighted by Crippen LogP contribution is -2.55. The van der Waals surface area contributed by atoms with E-state index in [0.717, 1.165) is 29.1 Å². The molecule has 1 aromatic heterocycles. The van der Waals surface area contributed by atoms with Gasteiger partial charge in [-0.2, -0.15) is 0 Å². The summed E-state index contributed by atoms with van der Waals surface area (Å²) in [5.41, 5.74) is 7.32. The number of anilines is 1. The van der Waals surface area contributed by atoms with Gasteiger partial charge in [0.15, 0.2) is 0 Å². The highest BCUT2D eigenvalue weighted by atomic mass is 15.1. The van der Waals surface area contributed by atoms with E-state index in [0.29, 0.717) is 12.1 Å². The molecule has 4 bridgehead atoms. The zero-order chi connectivity index (χ0) is 12.9. The molecule has 4 fully saturated rings. The van der Waals surface area contributed by atoms with Gasteiger partial charge >= 0.3 is 0 Å². The van der Waals surface area contributed by atoms with Crippen LogP contribution in [0.3, 0.4) is 0 Å². The number of aromatic nitrogens is 1. The Kier molecular flexibility index (Phi) is 2.59. The van der Waals surface area contributed by atoms with Gasteiger partial charge in [0.1, 0.15) is 5.82 Å². The molecule has 0 saturated heterocycles. The van der Waals surface area contributed by atoms with Crippen LogP contribution >= 0.6 is 0 Å². The van der Waals surface area contributed by atoms with Crippen molar-refractivity contribution < 1.29 is 0 Å². The average molecular weight is 257 g/mol. The summed E-state index contributed by atoms with van der Waals surface area (Å²) in [6.07, 6.45) is 10.4. The maximum Gasteiger partial charge on any atom is 0.130 e. The average Bonchev–Trinajstić information content (AvgIpc) is 2.37. The van der Waals surface area contributed by atoms with E-state index < -0.39 is 0 Å². The molecule has 0 aliphatic heterocycles. The second kappa shape index (κ2) is 4.20. The molecule has 0 atom stereocenters. The van der Waals surface area contributed by atoms with Gasteiger partial charge in [-0.05, 0) is 62.3 Å². The highest BCUT2D eigenvalue weighted by molar-refractivity contribution is 5.46. The fourth-order valence-electron chi connectivity index (χ4n) is 5.23.